The molecule has 0 aliphatic rings. The van der Waals surface area contributed by atoms with Crippen molar-refractivity contribution in [1.29, 1.82) is 0 Å². The standard InChI is InChI=1S/C20H19N5S/c21-16(12-14-4-2-1-3-5-14)13-23-20-18-17(8-11-26-18)24-19(25-20)15-6-9-22-10-7-15/h1-11,16H,12-13,21H2,(H,23,24,25)/t16-/m0/s1. The monoisotopic (exact) mass is 361 g/mol. The summed E-state index contributed by atoms with van der Waals surface area (Å²) < 4.78 is 1.05. The molecule has 1 atom stereocenters. The van der Waals surface area contributed by atoms with Gasteiger partial charge in [0.1, 0.15) is 5.82 Å². The summed E-state index contributed by atoms with van der Waals surface area (Å²) in [4.78, 5) is 13.4. The fourth-order valence-corrected chi connectivity index (χ4v) is 3.63. The number of hydrogen-bond acceptors (Lipinski definition) is 6. The number of pyridine rings is 1. The smallest absolute Gasteiger partial charge is 0.162 e. The average Bonchev–Trinajstić information content (AvgIpc) is 3.16. The van der Waals surface area contributed by atoms with Crippen LogP contribution in [0.2, 0.25) is 0 Å². The van der Waals surface area contributed by atoms with E-state index in [1.165, 1.54) is 5.56 Å². The Morgan fingerprint density at radius 3 is 2.62 bits per heavy atom. The SMILES string of the molecule is N[C@H](CNc1nc(-c2ccncc2)nc2ccsc12)Cc1ccccc1. The van der Waals surface area contributed by atoms with Crippen molar-refractivity contribution in [2.45, 2.75) is 12.5 Å². The highest BCUT2D eigenvalue weighted by Crippen LogP contribution is 2.28. The van der Waals surface area contributed by atoms with Gasteiger partial charge in [0.15, 0.2) is 5.82 Å². The molecule has 3 N–H and O–H groups in total. The topological polar surface area (TPSA) is 76.7 Å². The molecule has 0 saturated carbocycles. The van der Waals surface area contributed by atoms with Crippen molar-refractivity contribution in [2.24, 2.45) is 5.73 Å². The molecule has 4 rings (SSSR count). The van der Waals surface area contributed by atoms with E-state index in [1.807, 2.05) is 41.8 Å². The number of hydrogen-bond donors (Lipinski definition) is 2. The first-order valence-corrected chi connectivity index (χ1v) is 9.36. The quantitative estimate of drug-likeness (QED) is 0.547. The lowest BCUT2D eigenvalue weighted by atomic mass is 10.1. The Balaban J connectivity index is 1.55. The minimum Gasteiger partial charge on any atom is -0.367 e. The average molecular weight is 361 g/mol. The molecule has 0 amide bonds. The van der Waals surface area contributed by atoms with E-state index in [4.69, 9.17) is 10.7 Å². The fourth-order valence-electron chi connectivity index (χ4n) is 2.83. The van der Waals surface area contributed by atoms with E-state index in [9.17, 15) is 0 Å². The summed E-state index contributed by atoms with van der Waals surface area (Å²) in [5.74, 6) is 1.53. The Kier molecular flexibility index (Phi) is 4.86. The van der Waals surface area contributed by atoms with Crippen molar-refractivity contribution in [3.8, 4) is 11.4 Å². The third kappa shape index (κ3) is 3.71. The number of rotatable bonds is 6. The van der Waals surface area contributed by atoms with Crippen LogP contribution in [0.5, 0.6) is 0 Å². The van der Waals surface area contributed by atoms with Gasteiger partial charge in [-0.15, -0.1) is 11.3 Å². The molecule has 3 heterocycles. The van der Waals surface area contributed by atoms with Crippen molar-refractivity contribution in [3.63, 3.8) is 0 Å². The zero-order chi connectivity index (χ0) is 17.8. The Morgan fingerprint density at radius 1 is 1.00 bits per heavy atom. The third-order valence-corrected chi connectivity index (χ3v) is 5.02. The highest BCUT2D eigenvalue weighted by atomic mass is 32.1. The summed E-state index contributed by atoms with van der Waals surface area (Å²) in [5.41, 5.74) is 9.44. The molecule has 26 heavy (non-hydrogen) atoms. The van der Waals surface area contributed by atoms with Crippen LogP contribution in [0.1, 0.15) is 5.56 Å². The van der Waals surface area contributed by atoms with Crippen LogP contribution in [0, 0.1) is 0 Å². The van der Waals surface area contributed by atoms with Gasteiger partial charge in [0.25, 0.3) is 0 Å². The molecule has 5 nitrogen and oxygen atoms in total. The number of benzene rings is 1. The van der Waals surface area contributed by atoms with E-state index >= 15 is 0 Å². The van der Waals surface area contributed by atoms with Crippen molar-refractivity contribution >= 4 is 27.4 Å². The number of fused-ring (bicyclic) bond motifs is 1. The Bertz CT molecular complexity index is 985. The van der Waals surface area contributed by atoms with E-state index in [1.54, 1.807) is 23.7 Å². The highest BCUT2D eigenvalue weighted by molar-refractivity contribution is 7.17. The van der Waals surface area contributed by atoms with E-state index in [-0.39, 0.29) is 6.04 Å². The Morgan fingerprint density at radius 2 is 1.81 bits per heavy atom. The second-order valence-electron chi connectivity index (χ2n) is 6.10. The summed E-state index contributed by atoms with van der Waals surface area (Å²) in [6.45, 7) is 0.648. The number of nitrogens with two attached hydrogens (primary N) is 1. The van der Waals surface area contributed by atoms with Gasteiger partial charge in [0.2, 0.25) is 0 Å². The van der Waals surface area contributed by atoms with Gasteiger partial charge in [-0.25, -0.2) is 9.97 Å². The van der Waals surface area contributed by atoms with Gasteiger partial charge in [0.05, 0.1) is 10.2 Å². The summed E-state index contributed by atoms with van der Waals surface area (Å²) >= 11 is 1.63. The van der Waals surface area contributed by atoms with Gasteiger partial charge in [0, 0.05) is 30.5 Å². The van der Waals surface area contributed by atoms with Crippen LogP contribution < -0.4 is 11.1 Å². The van der Waals surface area contributed by atoms with Crippen LogP contribution in [0.25, 0.3) is 21.6 Å². The molecule has 0 fully saturated rings. The number of thiophene rings is 1. The van der Waals surface area contributed by atoms with Crippen LogP contribution in [-0.4, -0.2) is 27.5 Å². The molecule has 0 aliphatic heterocycles. The molecule has 0 unspecified atom stereocenters. The Hall–Kier alpha value is -2.83. The molecule has 6 heteroatoms. The minimum atomic E-state index is 0.00625. The zero-order valence-electron chi connectivity index (χ0n) is 14.2. The molecule has 0 aliphatic carbocycles. The van der Waals surface area contributed by atoms with Gasteiger partial charge in [-0.05, 0) is 35.6 Å². The summed E-state index contributed by atoms with van der Waals surface area (Å²) in [6.07, 6.45) is 4.32. The number of nitrogens with one attached hydrogen (secondary N) is 1. The molecule has 3 aromatic heterocycles. The maximum absolute atomic E-state index is 6.31. The third-order valence-electron chi connectivity index (χ3n) is 4.11. The number of aromatic nitrogens is 3. The van der Waals surface area contributed by atoms with Crippen molar-refractivity contribution < 1.29 is 0 Å². The molecular weight excluding hydrogens is 342 g/mol. The molecule has 0 bridgehead atoms. The lowest BCUT2D eigenvalue weighted by Gasteiger charge is -2.14. The lowest BCUT2D eigenvalue weighted by Crippen LogP contribution is -2.31. The maximum atomic E-state index is 6.31. The predicted molar refractivity (Wildman–Crippen MR) is 107 cm³/mol. The molecule has 130 valence electrons. The van der Waals surface area contributed by atoms with Gasteiger partial charge in [-0.1, -0.05) is 30.3 Å². The number of nitrogens with zero attached hydrogens (tertiary/aromatic N) is 3. The first-order chi connectivity index (χ1) is 12.8. The van der Waals surface area contributed by atoms with E-state index in [0.717, 1.165) is 28.0 Å². The minimum absolute atomic E-state index is 0.00625. The second-order valence-corrected chi connectivity index (χ2v) is 7.01. The summed E-state index contributed by atoms with van der Waals surface area (Å²) in [5, 5.41) is 5.46. The van der Waals surface area contributed by atoms with Gasteiger partial charge in [-0.2, -0.15) is 0 Å². The van der Waals surface area contributed by atoms with Gasteiger partial charge >= 0.3 is 0 Å². The van der Waals surface area contributed by atoms with Crippen molar-refractivity contribution in [3.05, 3.63) is 71.9 Å². The maximum Gasteiger partial charge on any atom is 0.162 e. The van der Waals surface area contributed by atoms with Crippen molar-refractivity contribution in [1.82, 2.24) is 15.0 Å². The fraction of sp³-hybridized carbons (Fsp3) is 0.150. The predicted octanol–water partition coefficient (Wildman–Crippen LogP) is 3.74. The normalized spacial score (nSPS) is 12.2. The van der Waals surface area contributed by atoms with Gasteiger partial charge in [-0.3, -0.25) is 4.98 Å². The van der Waals surface area contributed by atoms with Gasteiger partial charge < -0.3 is 11.1 Å². The van der Waals surface area contributed by atoms with Crippen LogP contribution in [-0.2, 0) is 6.42 Å². The molecule has 4 aromatic rings. The molecule has 0 saturated heterocycles. The highest BCUT2D eigenvalue weighted by Gasteiger charge is 2.12. The number of anilines is 1. The first-order valence-electron chi connectivity index (χ1n) is 8.48. The molecule has 1 aromatic carbocycles. The summed E-state index contributed by atoms with van der Waals surface area (Å²) in [6, 6.07) is 16.1. The van der Waals surface area contributed by atoms with Crippen LogP contribution in [0.15, 0.2) is 66.3 Å². The zero-order valence-corrected chi connectivity index (χ0v) is 15.0. The van der Waals surface area contributed by atoms with Crippen LogP contribution in [0.4, 0.5) is 5.82 Å². The Labute approximate surface area is 156 Å². The second kappa shape index (κ2) is 7.59. The van der Waals surface area contributed by atoms with E-state index in [0.29, 0.717) is 12.4 Å². The lowest BCUT2D eigenvalue weighted by molar-refractivity contribution is 0.698. The molecule has 0 radical (unpaired) electrons. The molecule has 0 spiro atoms. The first kappa shape index (κ1) is 16.6. The summed E-state index contributed by atoms with van der Waals surface area (Å²) in [7, 11) is 0. The largest absolute Gasteiger partial charge is 0.367 e. The van der Waals surface area contributed by atoms with Crippen molar-refractivity contribution in [2.75, 3.05) is 11.9 Å². The molecular formula is C20H19N5S. The van der Waals surface area contributed by atoms with E-state index < -0.39 is 0 Å². The van der Waals surface area contributed by atoms with Crippen LogP contribution in [0.3, 0.4) is 0 Å². The van der Waals surface area contributed by atoms with E-state index in [2.05, 4.69) is 27.4 Å². The van der Waals surface area contributed by atoms with Crippen LogP contribution >= 0.6 is 11.3 Å².